The molecule has 0 atom stereocenters. The maximum Gasteiger partial charge on any atom is 0.225 e. The number of piperidine rings is 1. The molecule has 0 unspecified atom stereocenters. The van der Waals surface area contributed by atoms with Crippen molar-refractivity contribution < 1.29 is 14.4 Å². The summed E-state index contributed by atoms with van der Waals surface area (Å²) in [7, 11) is 0. The van der Waals surface area contributed by atoms with Crippen molar-refractivity contribution in [2.45, 2.75) is 33.1 Å². The van der Waals surface area contributed by atoms with Crippen LogP contribution in [-0.2, 0) is 14.4 Å². The highest BCUT2D eigenvalue weighted by Gasteiger charge is 2.31. The van der Waals surface area contributed by atoms with Gasteiger partial charge in [0, 0.05) is 58.5 Å². The summed E-state index contributed by atoms with van der Waals surface area (Å²) in [4.78, 5) is 40.9. The quantitative estimate of drug-likeness (QED) is 0.737. The third-order valence-corrected chi connectivity index (χ3v) is 4.54. The van der Waals surface area contributed by atoms with Crippen LogP contribution in [0.5, 0.6) is 0 Å². The molecular weight excluding hydrogens is 270 g/mol. The molecule has 2 heterocycles. The fourth-order valence-electron chi connectivity index (χ4n) is 3.10. The fraction of sp³-hybridized carbons (Fsp3) is 0.800. The monoisotopic (exact) mass is 295 g/mol. The first-order valence-electron chi connectivity index (χ1n) is 7.85. The van der Waals surface area contributed by atoms with E-state index in [9.17, 15) is 14.4 Å². The largest absolute Gasteiger partial charge is 0.343 e. The van der Waals surface area contributed by atoms with Crippen LogP contribution in [0.2, 0.25) is 0 Å². The van der Waals surface area contributed by atoms with Crippen molar-refractivity contribution >= 4 is 17.7 Å². The van der Waals surface area contributed by atoms with Crippen molar-refractivity contribution in [3.63, 3.8) is 0 Å². The maximum absolute atomic E-state index is 12.5. The summed E-state index contributed by atoms with van der Waals surface area (Å²) in [6, 6.07) is 0. The molecule has 0 aromatic carbocycles. The van der Waals surface area contributed by atoms with Gasteiger partial charge in [-0.25, -0.2) is 0 Å². The standard InChI is InChI=1S/C15H25N3O3/c1-3-14(20)17-6-4-13(5-7-17)15(21)18-10-8-16(9-11-18)12(2)19/h13H,3-11H2,1-2H3. The zero-order chi connectivity index (χ0) is 15.4. The fourth-order valence-corrected chi connectivity index (χ4v) is 3.10. The van der Waals surface area contributed by atoms with Crippen LogP contribution in [0.4, 0.5) is 0 Å². The van der Waals surface area contributed by atoms with Crippen LogP contribution < -0.4 is 0 Å². The van der Waals surface area contributed by atoms with E-state index in [0.29, 0.717) is 45.7 Å². The molecule has 0 bridgehead atoms. The minimum atomic E-state index is 0.0368. The normalized spacial score (nSPS) is 20.6. The van der Waals surface area contributed by atoms with E-state index in [1.165, 1.54) is 0 Å². The highest BCUT2D eigenvalue weighted by atomic mass is 16.2. The van der Waals surface area contributed by atoms with Crippen molar-refractivity contribution in [3.05, 3.63) is 0 Å². The zero-order valence-electron chi connectivity index (χ0n) is 13.0. The SMILES string of the molecule is CCC(=O)N1CCC(C(=O)N2CCN(C(C)=O)CC2)CC1. The number of amides is 3. The summed E-state index contributed by atoms with van der Waals surface area (Å²) in [5, 5.41) is 0. The summed E-state index contributed by atoms with van der Waals surface area (Å²) < 4.78 is 0. The topological polar surface area (TPSA) is 60.9 Å². The van der Waals surface area contributed by atoms with E-state index in [0.717, 1.165) is 12.8 Å². The van der Waals surface area contributed by atoms with Crippen LogP contribution in [0.1, 0.15) is 33.1 Å². The first-order chi connectivity index (χ1) is 10.0. The molecule has 118 valence electrons. The van der Waals surface area contributed by atoms with Gasteiger partial charge in [-0.05, 0) is 12.8 Å². The number of likely N-dealkylation sites (tertiary alicyclic amines) is 1. The predicted octanol–water partition coefficient (Wildman–Crippen LogP) is 0.326. The maximum atomic E-state index is 12.5. The zero-order valence-corrected chi connectivity index (χ0v) is 13.0. The van der Waals surface area contributed by atoms with Crippen molar-refractivity contribution in [1.29, 1.82) is 0 Å². The van der Waals surface area contributed by atoms with Gasteiger partial charge >= 0.3 is 0 Å². The van der Waals surface area contributed by atoms with Crippen molar-refractivity contribution in [3.8, 4) is 0 Å². The second kappa shape index (κ2) is 6.91. The predicted molar refractivity (Wildman–Crippen MR) is 78.4 cm³/mol. The van der Waals surface area contributed by atoms with Gasteiger partial charge in [0.25, 0.3) is 0 Å². The highest BCUT2D eigenvalue weighted by molar-refractivity contribution is 5.80. The molecule has 0 aromatic rings. The number of carbonyl (C=O) groups excluding carboxylic acids is 3. The minimum absolute atomic E-state index is 0.0368. The molecule has 0 aliphatic carbocycles. The van der Waals surface area contributed by atoms with Gasteiger partial charge in [-0.3, -0.25) is 14.4 Å². The Bertz CT molecular complexity index is 408. The lowest BCUT2D eigenvalue weighted by molar-refractivity contribution is -0.144. The van der Waals surface area contributed by atoms with Crippen molar-refractivity contribution in [2.75, 3.05) is 39.3 Å². The first-order valence-corrected chi connectivity index (χ1v) is 7.85. The lowest BCUT2D eigenvalue weighted by atomic mass is 9.94. The highest BCUT2D eigenvalue weighted by Crippen LogP contribution is 2.21. The Kier molecular flexibility index (Phi) is 5.20. The van der Waals surface area contributed by atoms with Crippen LogP contribution in [0, 0.1) is 5.92 Å². The average Bonchev–Trinajstić information content (AvgIpc) is 2.53. The number of carbonyl (C=O) groups is 3. The van der Waals surface area contributed by atoms with E-state index in [2.05, 4.69) is 0 Å². The molecule has 0 spiro atoms. The van der Waals surface area contributed by atoms with Gasteiger partial charge in [0.2, 0.25) is 17.7 Å². The number of hydrogen-bond donors (Lipinski definition) is 0. The molecule has 6 heteroatoms. The molecule has 6 nitrogen and oxygen atoms in total. The molecule has 21 heavy (non-hydrogen) atoms. The summed E-state index contributed by atoms with van der Waals surface area (Å²) in [6.45, 7) is 7.35. The molecule has 0 aromatic heterocycles. The Morgan fingerprint density at radius 1 is 0.857 bits per heavy atom. The molecule has 0 saturated carbocycles. The Morgan fingerprint density at radius 3 is 1.86 bits per heavy atom. The molecule has 2 aliphatic heterocycles. The first kappa shape index (κ1) is 15.8. The van der Waals surface area contributed by atoms with Gasteiger partial charge in [0.1, 0.15) is 0 Å². The second-order valence-corrected chi connectivity index (χ2v) is 5.84. The molecule has 2 rings (SSSR count). The lowest BCUT2D eigenvalue weighted by Gasteiger charge is -2.38. The molecule has 0 radical (unpaired) electrons. The molecule has 2 fully saturated rings. The molecule has 3 amide bonds. The third-order valence-electron chi connectivity index (χ3n) is 4.54. The van der Waals surface area contributed by atoms with E-state index >= 15 is 0 Å². The summed E-state index contributed by atoms with van der Waals surface area (Å²) in [6.07, 6.45) is 2.06. The minimum Gasteiger partial charge on any atom is -0.343 e. The Balaban J connectivity index is 1.80. The Morgan fingerprint density at radius 2 is 1.38 bits per heavy atom. The number of hydrogen-bond acceptors (Lipinski definition) is 3. The molecular formula is C15H25N3O3. The van der Waals surface area contributed by atoms with Crippen LogP contribution in [-0.4, -0.2) is 71.7 Å². The van der Waals surface area contributed by atoms with Crippen molar-refractivity contribution in [2.24, 2.45) is 5.92 Å². The number of nitrogens with zero attached hydrogens (tertiary/aromatic N) is 3. The molecule has 2 aliphatic rings. The second-order valence-electron chi connectivity index (χ2n) is 5.84. The van der Waals surface area contributed by atoms with Gasteiger partial charge in [0.15, 0.2) is 0 Å². The van der Waals surface area contributed by atoms with E-state index in [1.807, 2.05) is 16.7 Å². The Labute approximate surface area is 126 Å². The number of rotatable bonds is 2. The van der Waals surface area contributed by atoms with E-state index in [4.69, 9.17) is 0 Å². The average molecular weight is 295 g/mol. The van der Waals surface area contributed by atoms with E-state index < -0.39 is 0 Å². The van der Waals surface area contributed by atoms with Gasteiger partial charge in [0.05, 0.1) is 0 Å². The molecule has 0 N–H and O–H groups in total. The van der Waals surface area contributed by atoms with Crippen LogP contribution in [0.15, 0.2) is 0 Å². The van der Waals surface area contributed by atoms with E-state index in [-0.39, 0.29) is 23.6 Å². The van der Waals surface area contributed by atoms with Crippen LogP contribution in [0.25, 0.3) is 0 Å². The van der Waals surface area contributed by atoms with Crippen LogP contribution >= 0.6 is 0 Å². The van der Waals surface area contributed by atoms with Gasteiger partial charge < -0.3 is 14.7 Å². The summed E-state index contributed by atoms with van der Waals surface area (Å²) in [5.74, 6) is 0.487. The third kappa shape index (κ3) is 3.74. The van der Waals surface area contributed by atoms with Gasteiger partial charge in [-0.2, -0.15) is 0 Å². The summed E-state index contributed by atoms with van der Waals surface area (Å²) in [5.41, 5.74) is 0. The van der Waals surface area contributed by atoms with Gasteiger partial charge in [-0.15, -0.1) is 0 Å². The van der Waals surface area contributed by atoms with Crippen molar-refractivity contribution in [1.82, 2.24) is 14.7 Å². The number of piperazine rings is 1. The lowest BCUT2D eigenvalue weighted by Crippen LogP contribution is -2.52. The van der Waals surface area contributed by atoms with E-state index in [1.54, 1.807) is 11.8 Å². The Hall–Kier alpha value is -1.59. The van der Waals surface area contributed by atoms with Crippen LogP contribution in [0.3, 0.4) is 0 Å². The summed E-state index contributed by atoms with van der Waals surface area (Å²) >= 11 is 0. The molecule has 2 saturated heterocycles. The van der Waals surface area contributed by atoms with Gasteiger partial charge in [-0.1, -0.05) is 6.92 Å². The smallest absolute Gasteiger partial charge is 0.225 e.